The van der Waals surface area contributed by atoms with Crippen molar-refractivity contribution in [3.63, 3.8) is 0 Å². The van der Waals surface area contributed by atoms with E-state index in [9.17, 15) is 4.79 Å². The van der Waals surface area contributed by atoms with Crippen LogP contribution in [0.5, 0.6) is 5.75 Å². The number of rotatable bonds is 6. The molecule has 0 radical (unpaired) electrons. The van der Waals surface area contributed by atoms with E-state index in [1.807, 2.05) is 35.0 Å². The van der Waals surface area contributed by atoms with Crippen LogP contribution in [-0.2, 0) is 4.79 Å². The average molecular weight is 341 g/mol. The first-order chi connectivity index (χ1) is 12.1. The zero-order valence-electron chi connectivity index (χ0n) is 15.1. The van der Waals surface area contributed by atoms with E-state index >= 15 is 0 Å². The molecule has 0 saturated heterocycles. The summed E-state index contributed by atoms with van der Waals surface area (Å²) >= 11 is 0. The van der Waals surface area contributed by atoms with Crippen LogP contribution in [0.25, 0.3) is 0 Å². The van der Waals surface area contributed by atoms with Crippen molar-refractivity contribution in [1.29, 1.82) is 0 Å². The van der Waals surface area contributed by atoms with Gasteiger partial charge in [0, 0.05) is 6.07 Å². The first kappa shape index (κ1) is 17.5. The Bertz CT molecular complexity index is 685. The average Bonchev–Trinajstić information content (AvgIpc) is 3.09. The van der Waals surface area contributed by atoms with E-state index in [1.165, 1.54) is 24.8 Å². The second-order valence-electron chi connectivity index (χ2n) is 7.01. The van der Waals surface area contributed by atoms with E-state index in [4.69, 9.17) is 4.74 Å². The molecule has 1 aliphatic carbocycles. The van der Waals surface area contributed by atoms with Crippen LogP contribution >= 0.6 is 0 Å². The highest BCUT2D eigenvalue weighted by atomic mass is 16.5. The Hall–Kier alpha value is -2.30. The summed E-state index contributed by atoms with van der Waals surface area (Å²) in [6.45, 7) is 4.30. The molecule has 0 bridgehead atoms. The van der Waals surface area contributed by atoms with Crippen LogP contribution in [0.4, 0.5) is 5.82 Å². The number of aromatic nitrogens is 2. The predicted molar refractivity (Wildman–Crippen MR) is 99.0 cm³/mol. The molecule has 25 heavy (non-hydrogen) atoms. The quantitative estimate of drug-likeness (QED) is 0.840. The van der Waals surface area contributed by atoms with Crippen LogP contribution in [0.3, 0.4) is 0 Å². The van der Waals surface area contributed by atoms with Crippen molar-refractivity contribution in [3.8, 4) is 5.75 Å². The molecule has 1 fully saturated rings. The summed E-state index contributed by atoms with van der Waals surface area (Å²) < 4.78 is 7.55. The van der Waals surface area contributed by atoms with Crippen LogP contribution in [0.1, 0.15) is 63.5 Å². The van der Waals surface area contributed by atoms with Gasteiger partial charge in [0.25, 0.3) is 5.91 Å². The first-order valence-electron chi connectivity index (χ1n) is 9.19. The third kappa shape index (κ3) is 4.62. The second kappa shape index (κ2) is 8.19. The second-order valence-corrected chi connectivity index (χ2v) is 7.01. The number of hydrogen-bond donors (Lipinski definition) is 1. The summed E-state index contributed by atoms with van der Waals surface area (Å²) in [5.74, 6) is 1.79. The van der Waals surface area contributed by atoms with Gasteiger partial charge in [-0.05, 0) is 36.5 Å². The Labute approximate surface area is 149 Å². The minimum Gasteiger partial charge on any atom is -0.484 e. The van der Waals surface area contributed by atoms with Gasteiger partial charge in [-0.2, -0.15) is 5.10 Å². The molecular weight excluding hydrogens is 314 g/mol. The molecule has 0 atom stereocenters. The molecule has 134 valence electrons. The minimum atomic E-state index is -0.162. The molecule has 1 aliphatic rings. The summed E-state index contributed by atoms with van der Waals surface area (Å²) in [5, 5.41) is 7.32. The van der Waals surface area contributed by atoms with E-state index in [0.29, 0.717) is 17.7 Å². The fourth-order valence-electron chi connectivity index (χ4n) is 3.31. The molecule has 1 saturated carbocycles. The molecule has 0 aliphatic heterocycles. The lowest BCUT2D eigenvalue weighted by Crippen LogP contribution is -2.24. The van der Waals surface area contributed by atoms with Gasteiger partial charge in [0.2, 0.25) is 0 Å². The Morgan fingerprint density at radius 3 is 2.60 bits per heavy atom. The van der Waals surface area contributed by atoms with Crippen LogP contribution in [0.15, 0.2) is 36.5 Å². The topological polar surface area (TPSA) is 56.1 Å². The normalized spacial score (nSPS) is 15.3. The number of carbonyl (C=O) groups is 1. The summed E-state index contributed by atoms with van der Waals surface area (Å²) in [6, 6.07) is 10.1. The van der Waals surface area contributed by atoms with Crippen molar-refractivity contribution in [2.24, 2.45) is 0 Å². The van der Waals surface area contributed by atoms with Gasteiger partial charge >= 0.3 is 0 Å². The SMILES string of the molecule is CC(C)c1ccc(OCC(=O)Nc2ccnn2C2CCCCC2)cc1. The number of hydrogen-bond acceptors (Lipinski definition) is 3. The molecule has 1 N–H and O–H groups in total. The maximum absolute atomic E-state index is 12.2. The van der Waals surface area contributed by atoms with Crippen molar-refractivity contribution in [1.82, 2.24) is 9.78 Å². The number of nitrogens with zero attached hydrogens (tertiary/aromatic N) is 2. The van der Waals surface area contributed by atoms with Gasteiger partial charge in [0.1, 0.15) is 11.6 Å². The van der Waals surface area contributed by atoms with Gasteiger partial charge in [-0.3, -0.25) is 4.79 Å². The number of ether oxygens (including phenoxy) is 1. The third-order valence-corrected chi connectivity index (χ3v) is 4.78. The van der Waals surface area contributed by atoms with Gasteiger partial charge in [-0.1, -0.05) is 45.2 Å². The van der Waals surface area contributed by atoms with E-state index < -0.39 is 0 Å². The van der Waals surface area contributed by atoms with Crippen molar-refractivity contribution in [2.75, 3.05) is 11.9 Å². The van der Waals surface area contributed by atoms with Crippen molar-refractivity contribution < 1.29 is 9.53 Å². The Balaban J connectivity index is 1.53. The smallest absolute Gasteiger partial charge is 0.263 e. The highest BCUT2D eigenvalue weighted by Crippen LogP contribution is 2.29. The van der Waals surface area contributed by atoms with Crippen LogP contribution in [0, 0.1) is 0 Å². The van der Waals surface area contributed by atoms with E-state index in [0.717, 1.165) is 18.7 Å². The lowest BCUT2D eigenvalue weighted by molar-refractivity contribution is -0.118. The van der Waals surface area contributed by atoms with Gasteiger partial charge in [-0.25, -0.2) is 4.68 Å². The molecule has 3 rings (SSSR count). The monoisotopic (exact) mass is 341 g/mol. The third-order valence-electron chi connectivity index (χ3n) is 4.78. The van der Waals surface area contributed by atoms with E-state index in [2.05, 4.69) is 24.3 Å². The van der Waals surface area contributed by atoms with Crippen LogP contribution < -0.4 is 10.1 Å². The Morgan fingerprint density at radius 2 is 1.92 bits per heavy atom. The molecule has 0 spiro atoms. The number of anilines is 1. The maximum Gasteiger partial charge on any atom is 0.263 e. The molecule has 1 aromatic carbocycles. The van der Waals surface area contributed by atoms with Gasteiger partial charge in [0.15, 0.2) is 6.61 Å². The molecule has 1 heterocycles. The van der Waals surface area contributed by atoms with Crippen molar-refractivity contribution in [3.05, 3.63) is 42.1 Å². The zero-order chi connectivity index (χ0) is 17.6. The highest BCUT2D eigenvalue weighted by molar-refractivity contribution is 5.91. The van der Waals surface area contributed by atoms with Crippen LogP contribution in [-0.4, -0.2) is 22.3 Å². The fraction of sp³-hybridized carbons (Fsp3) is 0.500. The Morgan fingerprint density at radius 1 is 1.20 bits per heavy atom. The summed E-state index contributed by atoms with van der Waals surface area (Å²) in [6.07, 6.45) is 7.76. The molecule has 1 aromatic heterocycles. The molecule has 1 amide bonds. The molecule has 0 unspecified atom stereocenters. The maximum atomic E-state index is 12.2. The van der Waals surface area contributed by atoms with Gasteiger partial charge in [-0.15, -0.1) is 0 Å². The minimum absolute atomic E-state index is 0.00310. The summed E-state index contributed by atoms with van der Waals surface area (Å²) in [4.78, 5) is 12.2. The molecule has 5 heteroatoms. The van der Waals surface area contributed by atoms with Gasteiger partial charge < -0.3 is 10.1 Å². The van der Waals surface area contributed by atoms with Crippen LogP contribution in [0.2, 0.25) is 0 Å². The number of amides is 1. The first-order valence-corrected chi connectivity index (χ1v) is 9.19. The van der Waals surface area contributed by atoms with E-state index in [1.54, 1.807) is 6.20 Å². The molecule has 5 nitrogen and oxygen atoms in total. The predicted octanol–water partition coefficient (Wildman–Crippen LogP) is 4.53. The molecular formula is C20H27N3O2. The number of nitrogens with one attached hydrogen (secondary N) is 1. The van der Waals surface area contributed by atoms with Crippen molar-refractivity contribution >= 4 is 11.7 Å². The summed E-state index contributed by atoms with van der Waals surface area (Å²) in [7, 11) is 0. The molecule has 2 aromatic rings. The standard InChI is InChI=1S/C20H27N3O2/c1-15(2)16-8-10-18(11-9-16)25-14-20(24)22-19-12-13-21-23(19)17-6-4-3-5-7-17/h8-13,15,17H,3-7,14H2,1-2H3,(H,22,24). The van der Waals surface area contributed by atoms with Crippen molar-refractivity contribution in [2.45, 2.75) is 57.9 Å². The lowest BCUT2D eigenvalue weighted by atomic mass is 9.96. The number of benzene rings is 1. The lowest BCUT2D eigenvalue weighted by Gasteiger charge is -2.23. The zero-order valence-corrected chi connectivity index (χ0v) is 15.1. The number of carbonyl (C=O) groups excluding carboxylic acids is 1. The fourth-order valence-corrected chi connectivity index (χ4v) is 3.31. The largest absolute Gasteiger partial charge is 0.484 e. The Kier molecular flexibility index (Phi) is 5.74. The van der Waals surface area contributed by atoms with E-state index in [-0.39, 0.29) is 12.5 Å². The highest BCUT2D eigenvalue weighted by Gasteiger charge is 2.19. The summed E-state index contributed by atoms with van der Waals surface area (Å²) in [5.41, 5.74) is 1.26. The van der Waals surface area contributed by atoms with Gasteiger partial charge in [0.05, 0.1) is 12.2 Å².